The zero-order valence-corrected chi connectivity index (χ0v) is 20.8. The summed E-state index contributed by atoms with van der Waals surface area (Å²) < 4.78 is 21.3. The largest absolute Gasteiger partial charge is 0.383 e. The van der Waals surface area contributed by atoms with Crippen molar-refractivity contribution in [1.82, 2.24) is 9.38 Å². The van der Waals surface area contributed by atoms with Gasteiger partial charge in [0.15, 0.2) is 0 Å². The van der Waals surface area contributed by atoms with Gasteiger partial charge in [-0.2, -0.15) is 0 Å². The first-order valence-corrected chi connectivity index (χ1v) is 12.7. The minimum atomic E-state index is -1.01. The molecule has 7 rings (SSSR count). The molecular weight excluding hydrogens is 467 g/mol. The number of hydrogen-bond acceptors (Lipinski definition) is 5. The molecule has 2 aliphatic heterocycles. The SMILES string of the molecule is CC[C@@]1(O)COCc2cn3cc4c5c6c(cccc6nc4c3cc21)N=C(C)N5CCc1ccc(F)cc1. The Labute approximate surface area is 213 Å². The van der Waals surface area contributed by atoms with Crippen molar-refractivity contribution >= 4 is 44.5 Å². The lowest BCUT2D eigenvalue weighted by atomic mass is 9.87. The van der Waals surface area contributed by atoms with Gasteiger partial charge in [0.05, 0.1) is 46.5 Å². The number of rotatable bonds is 4. The molecule has 7 heteroatoms. The fraction of sp³-hybridized carbons (Fsp3) is 0.267. The Morgan fingerprint density at radius 1 is 1.14 bits per heavy atom. The van der Waals surface area contributed by atoms with E-state index in [1.54, 1.807) is 0 Å². The van der Waals surface area contributed by atoms with E-state index < -0.39 is 5.60 Å². The Bertz CT molecular complexity index is 1740. The number of pyridine rings is 2. The van der Waals surface area contributed by atoms with Gasteiger partial charge >= 0.3 is 0 Å². The van der Waals surface area contributed by atoms with Gasteiger partial charge in [-0.15, -0.1) is 0 Å². The van der Waals surface area contributed by atoms with Crippen molar-refractivity contribution < 1.29 is 14.2 Å². The molecule has 0 fully saturated rings. The molecule has 37 heavy (non-hydrogen) atoms. The van der Waals surface area contributed by atoms with Crippen molar-refractivity contribution in [3.05, 3.63) is 83.4 Å². The van der Waals surface area contributed by atoms with Crippen LogP contribution in [0.2, 0.25) is 0 Å². The average molecular weight is 495 g/mol. The summed E-state index contributed by atoms with van der Waals surface area (Å²) in [5.41, 5.74) is 6.74. The normalized spacial score (nSPS) is 19.0. The van der Waals surface area contributed by atoms with Gasteiger partial charge < -0.3 is 19.1 Å². The number of aliphatic imine (C=N–C) groups is 1. The van der Waals surface area contributed by atoms with Crippen LogP contribution in [-0.4, -0.2) is 33.5 Å². The topological polar surface area (TPSA) is 62.4 Å². The van der Waals surface area contributed by atoms with Crippen molar-refractivity contribution in [2.24, 2.45) is 4.99 Å². The van der Waals surface area contributed by atoms with E-state index in [-0.39, 0.29) is 5.82 Å². The van der Waals surface area contributed by atoms with Crippen LogP contribution in [-0.2, 0) is 23.4 Å². The molecule has 2 aliphatic rings. The van der Waals surface area contributed by atoms with Gasteiger partial charge in [-0.25, -0.2) is 14.4 Å². The molecule has 2 aromatic carbocycles. The lowest BCUT2D eigenvalue weighted by Gasteiger charge is -2.33. The first kappa shape index (κ1) is 22.4. The van der Waals surface area contributed by atoms with Crippen molar-refractivity contribution in [2.75, 3.05) is 18.1 Å². The van der Waals surface area contributed by atoms with Gasteiger partial charge in [0.25, 0.3) is 0 Å². The Morgan fingerprint density at radius 3 is 2.78 bits per heavy atom. The van der Waals surface area contributed by atoms with E-state index >= 15 is 0 Å². The monoisotopic (exact) mass is 494 g/mol. The Morgan fingerprint density at radius 2 is 1.97 bits per heavy atom. The molecule has 5 aromatic rings. The smallest absolute Gasteiger partial charge is 0.123 e. The minimum absolute atomic E-state index is 0.227. The van der Waals surface area contributed by atoms with Crippen molar-refractivity contribution in [3.63, 3.8) is 0 Å². The second-order valence-electron chi connectivity index (χ2n) is 10.1. The number of aliphatic hydroxyl groups is 1. The first-order chi connectivity index (χ1) is 17.9. The van der Waals surface area contributed by atoms with E-state index in [0.717, 1.165) is 67.6 Å². The van der Waals surface area contributed by atoms with Crippen molar-refractivity contribution in [2.45, 2.75) is 38.9 Å². The molecule has 0 radical (unpaired) electrons. The maximum absolute atomic E-state index is 13.5. The summed E-state index contributed by atoms with van der Waals surface area (Å²) in [5, 5.41) is 13.4. The van der Waals surface area contributed by atoms with Gasteiger partial charge in [-0.05, 0) is 61.2 Å². The number of amidine groups is 1. The Kier molecular flexibility index (Phi) is 4.90. The van der Waals surface area contributed by atoms with Crippen LogP contribution in [0.15, 0.2) is 65.9 Å². The molecule has 0 spiro atoms. The summed E-state index contributed by atoms with van der Waals surface area (Å²) >= 11 is 0. The van der Waals surface area contributed by atoms with Crippen LogP contribution >= 0.6 is 0 Å². The molecule has 186 valence electrons. The molecular formula is C30H27FN4O2. The van der Waals surface area contributed by atoms with Crippen LogP contribution in [0.25, 0.3) is 27.3 Å². The van der Waals surface area contributed by atoms with Crippen LogP contribution in [0.4, 0.5) is 15.8 Å². The van der Waals surface area contributed by atoms with Crippen molar-refractivity contribution in [1.29, 1.82) is 0 Å². The van der Waals surface area contributed by atoms with E-state index in [1.807, 2.05) is 44.2 Å². The summed E-state index contributed by atoms with van der Waals surface area (Å²) in [6.45, 7) is 5.49. The molecule has 0 aliphatic carbocycles. The molecule has 0 saturated heterocycles. The van der Waals surface area contributed by atoms with Gasteiger partial charge in [-0.1, -0.05) is 25.1 Å². The predicted molar refractivity (Wildman–Crippen MR) is 144 cm³/mol. The molecule has 1 N–H and O–H groups in total. The fourth-order valence-corrected chi connectivity index (χ4v) is 5.84. The highest BCUT2D eigenvalue weighted by Gasteiger charge is 2.35. The Hall–Kier alpha value is -3.81. The van der Waals surface area contributed by atoms with Crippen LogP contribution in [0.1, 0.15) is 37.0 Å². The molecule has 0 saturated carbocycles. The second-order valence-corrected chi connectivity index (χ2v) is 10.1. The molecule has 5 heterocycles. The molecule has 6 nitrogen and oxygen atoms in total. The lowest BCUT2D eigenvalue weighted by molar-refractivity contribution is -0.0751. The molecule has 0 amide bonds. The molecule has 1 atom stereocenters. The first-order valence-electron chi connectivity index (χ1n) is 12.7. The van der Waals surface area contributed by atoms with Gasteiger partial charge in [0.2, 0.25) is 0 Å². The number of benzene rings is 2. The molecule has 0 bridgehead atoms. The summed E-state index contributed by atoms with van der Waals surface area (Å²) in [5.74, 6) is 0.687. The highest BCUT2D eigenvalue weighted by molar-refractivity contribution is 6.22. The summed E-state index contributed by atoms with van der Waals surface area (Å²) in [6.07, 6.45) is 5.53. The summed E-state index contributed by atoms with van der Waals surface area (Å²) in [6, 6.07) is 14.9. The van der Waals surface area contributed by atoms with Crippen LogP contribution in [0, 0.1) is 5.82 Å². The van der Waals surface area contributed by atoms with Crippen LogP contribution in [0.3, 0.4) is 0 Å². The highest BCUT2D eigenvalue weighted by Crippen LogP contribution is 2.44. The van der Waals surface area contributed by atoms with Gasteiger partial charge in [-0.3, -0.25) is 0 Å². The third kappa shape index (κ3) is 3.38. The molecule has 3 aromatic heterocycles. The quantitative estimate of drug-likeness (QED) is 0.332. The van der Waals surface area contributed by atoms with Crippen LogP contribution in [0.5, 0.6) is 0 Å². The van der Waals surface area contributed by atoms with Gasteiger partial charge in [0, 0.05) is 29.9 Å². The number of halogens is 1. The molecule has 0 unspecified atom stereocenters. The number of fused-ring (bicyclic) bond motifs is 5. The van der Waals surface area contributed by atoms with Crippen molar-refractivity contribution in [3.8, 4) is 0 Å². The van der Waals surface area contributed by atoms with E-state index in [4.69, 9.17) is 14.7 Å². The zero-order valence-electron chi connectivity index (χ0n) is 20.8. The van der Waals surface area contributed by atoms with Gasteiger partial charge in [0.1, 0.15) is 17.3 Å². The number of ether oxygens (including phenoxy) is 1. The highest BCUT2D eigenvalue weighted by atomic mass is 19.1. The number of nitrogens with zero attached hydrogens (tertiary/aromatic N) is 4. The summed E-state index contributed by atoms with van der Waals surface area (Å²) in [7, 11) is 0. The zero-order chi connectivity index (χ0) is 25.3. The maximum atomic E-state index is 13.5. The third-order valence-corrected chi connectivity index (χ3v) is 7.88. The summed E-state index contributed by atoms with van der Waals surface area (Å²) in [4.78, 5) is 12.3. The fourth-order valence-electron chi connectivity index (χ4n) is 5.84. The number of anilines is 1. The number of hydrogen-bond donors (Lipinski definition) is 1. The standard InChI is InChI=1S/C30H27FN4O2/c1-3-30(36)17-37-16-20-14-34-15-22-28(26(34)13-23(20)30)33-25-6-4-5-24-27(25)29(22)35(18(2)32-24)12-11-19-7-9-21(31)10-8-19/h4-10,13-15,36H,3,11-12,16-17H2,1-2H3/t30-/m1/s1. The average Bonchev–Trinajstić information content (AvgIpc) is 3.26. The van der Waals surface area contributed by atoms with E-state index in [0.29, 0.717) is 26.2 Å². The number of aromatic nitrogens is 2. The second kappa shape index (κ2) is 8.10. The maximum Gasteiger partial charge on any atom is 0.123 e. The third-order valence-electron chi connectivity index (χ3n) is 7.88. The Balaban J connectivity index is 1.45. The van der Waals surface area contributed by atoms with Crippen LogP contribution < -0.4 is 4.90 Å². The van der Waals surface area contributed by atoms with E-state index in [1.165, 1.54) is 12.1 Å². The lowest BCUT2D eigenvalue weighted by Crippen LogP contribution is -2.35. The predicted octanol–water partition coefficient (Wildman–Crippen LogP) is 6.02. The minimum Gasteiger partial charge on any atom is -0.383 e. The van der Waals surface area contributed by atoms with E-state index in [9.17, 15) is 9.50 Å². The van der Waals surface area contributed by atoms with E-state index in [2.05, 4.69) is 27.8 Å².